The fraction of sp³-hybridized carbons (Fsp3) is 0.0455. The Morgan fingerprint density at radius 2 is 1.12 bits per heavy atom. The van der Waals surface area contributed by atoms with Crippen molar-refractivity contribution in [2.75, 3.05) is 4.90 Å². The highest BCUT2D eigenvalue weighted by molar-refractivity contribution is 5.84. The van der Waals surface area contributed by atoms with Crippen LogP contribution in [0.1, 0.15) is 0 Å². The smallest absolute Gasteiger partial charge is 0.160 e. The van der Waals surface area contributed by atoms with Gasteiger partial charge in [-0.2, -0.15) is 0 Å². The Labute approximate surface area is 280 Å². The predicted octanol–water partition coefficient (Wildman–Crippen LogP) is 10.5. The maximum Gasteiger partial charge on any atom is 0.160 e. The normalized spacial score (nSPS) is 16.5. The number of nitrogens with zero attached hydrogens (tertiary/aromatic N) is 4. The lowest BCUT2D eigenvalue weighted by Crippen LogP contribution is -2.30. The fourth-order valence-electron chi connectivity index (χ4n) is 6.88. The summed E-state index contributed by atoms with van der Waals surface area (Å²) >= 11 is 0. The first kappa shape index (κ1) is 28.0. The van der Waals surface area contributed by atoms with Gasteiger partial charge in [-0.1, -0.05) is 134 Å². The Balaban J connectivity index is 1.14. The van der Waals surface area contributed by atoms with Gasteiger partial charge in [0.15, 0.2) is 5.82 Å². The molecule has 0 saturated carbocycles. The molecule has 48 heavy (non-hydrogen) atoms. The molecule has 0 fully saturated rings. The third kappa shape index (κ3) is 5.14. The van der Waals surface area contributed by atoms with E-state index in [2.05, 4.69) is 155 Å². The fourth-order valence-corrected chi connectivity index (χ4v) is 6.88. The van der Waals surface area contributed by atoms with Crippen molar-refractivity contribution in [1.29, 1.82) is 0 Å². The van der Waals surface area contributed by atoms with Gasteiger partial charge in [-0.05, 0) is 52.9 Å². The van der Waals surface area contributed by atoms with Crippen LogP contribution in [-0.4, -0.2) is 20.6 Å². The van der Waals surface area contributed by atoms with Gasteiger partial charge in [0, 0.05) is 46.4 Å². The molecule has 4 heteroatoms. The number of rotatable bonds is 6. The summed E-state index contributed by atoms with van der Waals surface area (Å²) in [4.78, 5) is 12.5. The molecule has 5 aromatic carbocycles. The number of fused-ring (bicyclic) bond motifs is 2. The van der Waals surface area contributed by atoms with Gasteiger partial charge >= 0.3 is 0 Å². The summed E-state index contributed by atoms with van der Waals surface area (Å²) in [6, 6.07) is 49.3. The molecule has 9 rings (SSSR count). The SMILES string of the molecule is C1=CC2C=CN(c3cc(-c4ccc(-c5nc(-c6ccccc6)cc(-c6ccccc6)n5)cc4)cc(-n4ccc5ccccc54)c3)C2C=C1. The van der Waals surface area contributed by atoms with Crippen molar-refractivity contribution in [3.8, 4) is 50.7 Å². The summed E-state index contributed by atoms with van der Waals surface area (Å²) < 4.78 is 2.29. The van der Waals surface area contributed by atoms with E-state index in [1.165, 1.54) is 16.6 Å². The molecule has 0 bridgehead atoms. The van der Waals surface area contributed by atoms with Gasteiger partial charge in [0.2, 0.25) is 0 Å². The first-order valence-electron chi connectivity index (χ1n) is 16.4. The van der Waals surface area contributed by atoms with Crippen LogP contribution in [0, 0.1) is 5.92 Å². The zero-order valence-corrected chi connectivity index (χ0v) is 26.3. The number of aromatic nitrogens is 3. The molecular formula is C44H32N4. The van der Waals surface area contributed by atoms with Crippen molar-refractivity contribution in [3.63, 3.8) is 0 Å². The molecule has 2 aliphatic rings. The van der Waals surface area contributed by atoms with Gasteiger partial charge in [-0.3, -0.25) is 0 Å². The largest absolute Gasteiger partial charge is 0.340 e. The molecule has 228 valence electrons. The Bertz CT molecular complexity index is 2290. The van der Waals surface area contributed by atoms with E-state index in [4.69, 9.17) is 9.97 Å². The number of hydrogen-bond acceptors (Lipinski definition) is 3. The minimum atomic E-state index is 0.273. The van der Waals surface area contributed by atoms with E-state index < -0.39 is 0 Å². The molecule has 1 aliphatic carbocycles. The van der Waals surface area contributed by atoms with Crippen LogP contribution in [0.3, 0.4) is 0 Å². The average molecular weight is 617 g/mol. The van der Waals surface area contributed by atoms with Crippen LogP contribution in [0.4, 0.5) is 5.69 Å². The molecule has 2 unspecified atom stereocenters. The summed E-state index contributed by atoms with van der Waals surface area (Å²) in [6.45, 7) is 0. The van der Waals surface area contributed by atoms with E-state index in [1.807, 2.05) is 36.4 Å². The van der Waals surface area contributed by atoms with Crippen LogP contribution < -0.4 is 4.90 Å². The molecule has 4 nitrogen and oxygen atoms in total. The van der Waals surface area contributed by atoms with Crippen LogP contribution >= 0.6 is 0 Å². The molecule has 0 radical (unpaired) electrons. The molecular weight excluding hydrogens is 585 g/mol. The molecule has 2 atom stereocenters. The van der Waals surface area contributed by atoms with Crippen LogP contribution in [0.25, 0.3) is 61.6 Å². The highest BCUT2D eigenvalue weighted by atomic mass is 15.2. The first-order valence-corrected chi connectivity index (χ1v) is 16.4. The van der Waals surface area contributed by atoms with Crippen molar-refractivity contribution in [1.82, 2.24) is 14.5 Å². The van der Waals surface area contributed by atoms with E-state index in [0.29, 0.717) is 11.7 Å². The van der Waals surface area contributed by atoms with Gasteiger partial charge in [-0.25, -0.2) is 9.97 Å². The molecule has 1 aliphatic heterocycles. The summed E-state index contributed by atoms with van der Waals surface area (Å²) in [6.07, 6.45) is 15.6. The Morgan fingerprint density at radius 3 is 1.88 bits per heavy atom. The summed E-state index contributed by atoms with van der Waals surface area (Å²) in [5.74, 6) is 1.08. The Hall–Kier alpha value is -6.26. The zero-order valence-electron chi connectivity index (χ0n) is 26.3. The Morgan fingerprint density at radius 1 is 0.479 bits per heavy atom. The van der Waals surface area contributed by atoms with Crippen LogP contribution in [-0.2, 0) is 0 Å². The number of benzene rings is 5. The average Bonchev–Trinajstić information content (AvgIpc) is 3.80. The molecule has 0 N–H and O–H groups in total. The maximum atomic E-state index is 5.04. The molecule has 2 aromatic heterocycles. The van der Waals surface area contributed by atoms with Crippen molar-refractivity contribution >= 4 is 16.6 Å². The number of para-hydroxylation sites is 1. The molecule has 0 amide bonds. The van der Waals surface area contributed by atoms with Gasteiger partial charge in [0.1, 0.15) is 0 Å². The van der Waals surface area contributed by atoms with E-state index in [1.54, 1.807) is 0 Å². The summed E-state index contributed by atoms with van der Waals surface area (Å²) in [7, 11) is 0. The topological polar surface area (TPSA) is 34.0 Å². The van der Waals surface area contributed by atoms with Crippen LogP contribution in [0.2, 0.25) is 0 Å². The lowest BCUT2D eigenvalue weighted by atomic mass is 9.96. The predicted molar refractivity (Wildman–Crippen MR) is 198 cm³/mol. The maximum absolute atomic E-state index is 5.04. The standard InChI is InChI=1S/C44H32N4/c1-3-11-32(12-4-1)40-30-41(33-13-5-2-6-14-33)46-44(45-40)36-21-19-31(20-22-36)37-27-38(47-25-23-34-15-7-9-17-42(34)47)29-39(28-37)48-26-24-35-16-8-10-18-43(35)48/h1-30,34,42H. The van der Waals surface area contributed by atoms with Gasteiger partial charge in [0.05, 0.1) is 22.9 Å². The summed E-state index contributed by atoms with van der Waals surface area (Å²) in [5.41, 5.74) is 10.7. The third-order valence-electron chi connectivity index (χ3n) is 9.36. The number of allylic oxidation sites excluding steroid dienone is 2. The van der Waals surface area contributed by atoms with Gasteiger partial charge < -0.3 is 9.47 Å². The minimum Gasteiger partial charge on any atom is -0.340 e. The molecule has 3 heterocycles. The van der Waals surface area contributed by atoms with E-state index in [-0.39, 0.29) is 6.04 Å². The quantitative estimate of drug-likeness (QED) is 0.186. The molecule has 0 spiro atoms. The first-order chi connectivity index (χ1) is 23.8. The van der Waals surface area contributed by atoms with Crippen molar-refractivity contribution in [3.05, 3.63) is 182 Å². The van der Waals surface area contributed by atoms with Gasteiger partial charge in [-0.15, -0.1) is 0 Å². The van der Waals surface area contributed by atoms with Gasteiger partial charge in [0.25, 0.3) is 0 Å². The second-order valence-corrected chi connectivity index (χ2v) is 12.3. The molecule has 0 saturated heterocycles. The Kier molecular flexibility index (Phi) is 6.90. The highest BCUT2D eigenvalue weighted by Crippen LogP contribution is 2.37. The monoisotopic (exact) mass is 616 g/mol. The lowest BCUT2D eigenvalue weighted by molar-refractivity contribution is 0.702. The van der Waals surface area contributed by atoms with E-state index >= 15 is 0 Å². The third-order valence-corrected chi connectivity index (χ3v) is 9.36. The second kappa shape index (κ2) is 11.8. The van der Waals surface area contributed by atoms with E-state index in [0.717, 1.165) is 44.9 Å². The molecule has 7 aromatic rings. The van der Waals surface area contributed by atoms with Crippen molar-refractivity contribution in [2.45, 2.75) is 6.04 Å². The second-order valence-electron chi connectivity index (χ2n) is 12.3. The minimum absolute atomic E-state index is 0.273. The number of hydrogen-bond donors (Lipinski definition) is 0. The van der Waals surface area contributed by atoms with Crippen LogP contribution in [0.15, 0.2) is 182 Å². The highest BCUT2D eigenvalue weighted by Gasteiger charge is 2.28. The van der Waals surface area contributed by atoms with E-state index in [9.17, 15) is 0 Å². The lowest BCUT2D eigenvalue weighted by Gasteiger charge is -2.28. The van der Waals surface area contributed by atoms with Crippen molar-refractivity contribution in [2.24, 2.45) is 5.92 Å². The van der Waals surface area contributed by atoms with Crippen molar-refractivity contribution < 1.29 is 0 Å². The van der Waals surface area contributed by atoms with Crippen LogP contribution in [0.5, 0.6) is 0 Å². The number of anilines is 1. The summed E-state index contributed by atoms with van der Waals surface area (Å²) in [5, 5.41) is 1.22. The zero-order chi connectivity index (χ0) is 31.9.